The first kappa shape index (κ1) is 16.8. The molecule has 0 aromatic carbocycles. The first-order chi connectivity index (χ1) is 11.5. The average Bonchev–Trinajstić information content (AvgIpc) is 3.21. The van der Waals surface area contributed by atoms with Crippen molar-refractivity contribution >= 4 is 5.91 Å². The van der Waals surface area contributed by atoms with Crippen LogP contribution in [0.2, 0.25) is 0 Å². The lowest BCUT2D eigenvalue weighted by atomic mass is 10.0. The molecule has 1 aliphatic rings. The molecular formula is C18H26N4O2. The smallest absolute Gasteiger partial charge is 0.289 e. The van der Waals surface area contributed by atoms with E-state index in [1.54, 1.807) is 0 Å². The molecule has 1 aliphatic heterocycles. The molecule has 0 bridgehead atoms. The molecule has 1 amide bonds. The van der Waals surface area contributed by atoms with Gasteiger partial charge in [-0.25, -0.2) is 0 Å². The summed E-state index contributed by atoms with van der Waals surface area (Å²) in [5, 5.41) is 4.24. The molecule has 6 nitrogen and oxygen atoms in total. The van der Waals surface area contributed by atoms with Gasteiger partial charge in [0.25, 0.3) is 5.91 Å². The molecule has 0 saturated carbocycles. The number of rotatable bonds is 5. The maximum absolute atomic E-state index is 12.6. The zero-order valence-corrected chi connectivity index (χ0v) is 14.7. The van der Waals surface area contributed by atoms with Crippen LogP contribution in [0.1, 0.15) is 34.7 Å². The Morgan fingerprint density at radius 3 is 2.67 bits per heavy atom. The maximum Gasteiger partial charge on any atom is 0.289 e. The van der Waals surface area contributed by atoms with E-state index in [0.717, 1.165) is 50.3 Å². The van der Waals surface area contributed by atoms with Crippen LogP contribution in [-0.2, 0) is 6.54 Å². The van der Waals surface area contributed by atoms with Gasteiger partial charge < -0.3 is 14.2 Å². The number of aromatic nitrogens is 2. The fourth-order valence-corrected chi connectivity index (χ4v) is 3.39. The summed E-state index contributed by atoms with van der Waals surface area (Å²) in [7, 11) is 1.89. The van der Waals surface area contributed by atoms with Gasteiger partial charge in [0.05, 0.1) is 6.54 Å². The summed E-state index contributed by atoms with van der Waals surface area (Å²) in [4.78, 5) is 16.9. The number of amides is 1. The zero-order valence-electron chi connectivity index (χ0n) is 14.7. The van der Waals surface area contributed by atoms with Gasteiger partial charge in [-0.05, 0) is 38.8 Å². The van der Waals surface area contributed by atoms with Crippen molar-refractivity contribution in [1.29, 1.82) is 0 Å². The van der Waals surface area contributed by atoms with E-state index in [2.05, 4.69) is 10.00 Å². The van der Waals surface area contributed by atoms with E-state index in [-0.39, 0.29) is 11.9 Å². The van der Waals surface area contributed by atoms with Gasteiger partial charge in [0.15, 0.2) is 5.76 Å². The molecule has 3 rings (SSSR count). The number of aryl methyl sites for hydroxylation is 2. The first-order valence-corrected chi connectivity index (χ1v) is 8.58. The van der Waals surface area contributed by atoms with Crippen molar-refractivity contribution in [3.05, 3.63) is 41.6 Å². The van der Waals surface area contributed by atoms with Gasteiger partial charge in [-0.15, -0.1) is 0 Å². The van der Waals surface area contributed by atoms with E-state index in [9.17, 15) is 4.79 Å². The van der Waals surface area contributed by atoms with E-state index in [0.29, 0.717) is 5.76 Å². The molecule has 6 heteroatoms. The Hall–Kier alpha value is -2.08. The molecule has 130 valence electrons. The predicted octanol–water partition coefficient (Wildman–Crippen LogP) is 2.33. The van der Waals surface area contributed by atoms with Crippen LogP contribution in [-0.4, -0.2) is 58.2 Å². The van der Waals surface area contributed by atoms with Crippen LogP contribution in [0.15, 0.2) is 28.9 Å². The van der Waals surface area contributed by atoms with Gasteiger partial charge in [-0.1, -0.05) is 0 Å². The normalized spacial score (nSPS) is 16.5. The van der Waals surface area contributed by atoms with Crippen molar-refractivity contribution in [1.82, 2.24) is 19.6 Å². The third-order valence-corrected chi connectivity index (χ3v) is 4.86. The number of hydrogen-bond acceptors (Lipinski definition) is 4. The molecule has 0 unspecified atom stereocenters. The summed E-state index contributed by atoms with van der Waals surface area (Å²) in [6.07, 6.45) is 5.80. The van der Waals surface area contributed by atoms with E-state index < -0.39 is 0 Å². The number of carbonyl (C=O) groups excluding carboxylic acids is 1. The zero-order chi connectivity index (χ0) is 17.1. The molecule has 0 atom stereocenters. The van der Waals surface area contributed by atoms with Crippen LogP contribution in [0.25, 0.3) is 0 Å². The molecule has 2 aromatic heterocycles. The molecular weight excluding hydrogens is 304 g/mol. The molecule has 1 saturated heterocycles. The van der Waals surface area contributed by atoms with Gasteiger partial charge in [0, 0.05) is 50.7 Å². The van der Waals surface area contributed by atoms with Crippen LogP contribution in [0.4, 0.5) is 0 Å². The Bertz CT molecular complexity index is 669. The fourth-order valence-electron chi connectivity index (χ4n) is 3.39. The topological polar surface area (TPSA) is 54.5 Å². The second kappa shape index (κ2) is 7.21. The molecule has 24 heavy (non-hydrogen) atoms. The van der Waals surface area contributed by atoms with E-state index in [1.807, 2.05) is 55.0 Å². The predicted molar refractivity (Wildman–Crippen MR) is 92.0 cm³/mol. The summed E-state index contributed by atoms with van der Waals surface area (Å²) < 4.78 is 7.54. The third kappa shape index (κ3) is 3.70. The van der Waals surface area contributed by atoms with Gasteiger partial charge in [-0.3, -0.25) is 9.48 Å². The summed E-state index contributed by atoms with van der Waals surface area (Å²) in [5.74, 6) is 1.27. The van der Waals surface area contributed by atoms with E-state index in [1.165, 1.54) is 0 Å². The van der Waals surface area contributed by atoms with Crippen molar-refractivity contribution < 1.29 is 9.21 Å². The molecule has 2 aromatic rings. The second-order valence-corrected chi connectivity index (χ2v) is 6.63. The van der Waals surface area contributed by atoms with Crippen molar-refractivity contribution in [3.63, 3.8) is 0 Å². The summed E-state index contributed by atoms with van der Waals surface area (Å²) in [6.45, 7) is 7.75. The first-order valence-electron chi connectivity index (χ1n) is 8.58. The minimum absolute atomic E-state index is 0.00408. The monoisotopic (exact) mass is 330 g/mol. The molecule has 1 fully saturated rings. The molecule has 0 spiro atoms. The summed E-state index contributed by atoms with van der Waals surface area (Å²) in [5.41, 5.74) is 0.918. The second-order valence-electron chi connectivity index (χ2n) is 6.63. The van der Waals surface area contributed by atoms with Gasteiger partial charge in [0.2, 0.25) is 0 Å². The highest BCUT2D eigenvalue weighted by molar-refractivity contribution is 5.93. The largest absolute Gasteiger partial charge is 0.456 e. The standard InChI is InChI=1S/C18H26N4O2/c1-14-13-15(2)24-17(14)18(23)20(3)16-5-9-21(10-6-16)11-12-22-8-4-7-19-22/h4,7-8,13,16H,5-6,9-12H2,1-3H3. The molecule has 3 heterocycles. The molecule has 0 N–H and O–H groups in total. The Labute approximate surface area is 143 Å². The summed E-state index contributed by atoms with van der Waals surface area (Å²) >= 11 is 0. The highest BCUT2D eigenvalue weighted by Crippen LogP contribution is 2.21. The number of nitrogens with zero attached hydrogens (tertiary/aromatic N) is 4. The molecule has 0 aliphatic carbocycles. The number of furan rings is 1. The number of piperidine rings is 1. The minimum atomic E-state index is -0.00408. The van der Waals surface area contributed by atoms with Crippen LogP contribution < -0.4 is 0 Å². The summed E-state index contributed by atoms with van der Waals surface area (Å²) in [6, 6.07) is 4.15. The van der Waals surface area contributed by atoms with Gasteiger partial charge in [0.1, 0.15) is 5.76 Å². The van der Waals surface area contributed by atoms with Crippen LogP contribution in [0.5, 0.6) is 0 Å². The van der Waals surface area contributed by atoms with Gasteiger partial charge >= 0.3 is 0 Å². The van der Waals surface area contributed by atoms with Crippen LogP contribution in [0, 0.1) is 13.8 Å². The SMILES string of the molecule is Cc1cc(C)c(C(=O)N(C)C2CCN(CCn3cccn3)CC2)o1. The maximum atomic E-state index is 12.6. The van der Waals surface area contributed by atoms with Crippen molar-refractivity contribution in [3.8, 4) is 0 Å². The third-order valence-electron chi connectivity index (χ3n) is 4.86. The number of hydrogen-bond donors (Lipinski definition) is 0. The van der Waals surface area contributed by atoms with E-state index in [4.69, 9.17) is 4.42 Å². The highest BCUT2D eigenvalue weighted by atomic mass is 16.4. The Morgan fingerprint density at radius 2 is 2.08 bits per heavy atom. The van der Waals surface area contributed by atoms with Crippen LogP contribution in [0.3, 0.4) is 0 Å². The van der Waals surface area contributed by atoms with Crippen molar-refractivity contribution in [2.45, 2.75) is 39.3 Å². The van der Waals surface area contributed by atoms with Crippen molar-refractivity contribution in [2.75, 3.05) is 26.7 Å². The Morgan fingerprint density at radius 1 is 1.33 bits per heavy atom. The lowest BCUT2D eigenvalue weighted by molar-refractivity contribution is 0.0606. The van der Waals surface area contributed by atoms with Crippen LogP contribution >= 0.6 is 0 Å². The van der Waals surface area contributed by atoms with Crippen molar-refractivity contribution in [2.24, 2.45) is 0 Å². The minimum Gasteiger partial charge on any atom is -0.456 e. The Kier molecular flexibility index (Phi) is 5.04. The Balaban J connectivity index is 1.50. The van der Waals surface area contributed by atoms with Gasteiger partial charge in [-0.2, -0.15) is 5.10 Å². The molecule has 0 radical (unpaired) electrons. The lowest BCUT2D eigenvalue weighted by Gasteiger charge is -2.36. The van der Waals surface area contributed by atoms with E-state index >= 15 is 0 Å². The average molecular weight is 330 g/mol. The number of likely N-dealkylation sites (tertiary alicyclic amines) is 1. The fraction of sp³-hybridized carbons (Fsp3) is 0.556. The lowest BCUT2D eigenvalue weighted by Crippen LogP contribution is -2.46. The quantitative estimate of drug-likeness (QED) is 0.844. The highest BCUT2D eigenvalue weighted by Gasteiger charge is 2.28. The number of carbonyl (C=O) groups is 1.